The molecule has 1 aromatic carbocycles. The second-order valence-corrected chi connectivity index (χ2v) is 11.0. The van der Waals surface area contributed by atoms with E-state index in [1.54, 1.807) is 24.7 Å². The first kappa shape index (κ1) is 26.0. The minimum atomic E-state index is -0.499. The first-order chi connectivity index (χ1) is 20.4. The number of nitrogens with one attached hydrogen (secondary N) is 1. The molecule has 10 nitrogen and oxygen atoms in total. The van der Waals surface area contributed by atoms with E-state index >= 15 is 4.39 Å². The number of anilines is 2. The molecule has 42 heavy (non-hydrogen) atoms. The Morgan fingerprint density at radius 2 is 1.90 bits per heavy atom. The fraction of sp³-hybridized carbons (Fsp3) is 0.290. The SMILES string of the molecule is C=CC(=O)N1[C@@H]2CC[C@H]1CC(c1ccc3ncnc(Nc4cc(C)c(Oc5cnc6c(c5)ncn6C)cc4F)c3n1)C2. The molecule has 0 aliphatic carbocycles. The highest BCUT2D eigenvalue weighted by Crippen LogP contribution is 2.43. The summed E-state index contributed by atoms with van der Waals surface area (Å²) in [5.74, 6) is 0.980. The molecule has 3 atom stereocenters. The number of aromatic nitrogens is 6. The van der Waals surface area contributed by atoms with Gasteiger partial charge in [-0.05, 0) is 62.4 Å². The largest absolute Gasteiger partial charge is 0.455 e. The summed E-state index contributed by atoms with van der Waals surface area (Å²) in [6.45, 7) is 5.52. The molecule has 5 aromatic rings. The lowest BCUT2D eigenvalue weighted by Crippen LogP contribution is -2.45. The molecule has 212 valence electrons. The molecule has 0 spiro atoms. The van der Waals surface area contributed by atoms with Crippen molar-refractivity contribution in [1.29, 1.82) is 0 Å². The lowest BCUT2D eigenvalue weighted by Gasteiger charge is -2.38. The molecule has 2 aliphatic rings. The molecular formula is C31H29FN8O2. The quantitative estimate of drug-likeness (QED) is 0.261. The van der Waals surface area contributed by atoms with Gasteiger partial charge in [0.05, 0.1) is 23.7 Å². The van der Waals surface area contributed by atoms with Crippen molar-refractivity contribution in [2.45, 2.75) is 50.6 Å². The maximum atomic E-state index is 15.4. The second-order valence-electron chi connectivity index (χ2n) is 11.0. The van der Waals surface area contributed by atoms with E-state index in [4.69, 9.17) is 9.72 Å². The van der Waals surface area contributed by atoms with Crippen molar-refractivity contribution in [3.8, 4) is 11.5 Å². The highest BCUT2D eigenvalue weighted by Gasteiger charge is 2.43. The van der Waals surface area contributed by atoms with Gasteiger partial charge in [0, 0.05) is 42.9 Å². The number of halogens is 1. The summed E-state index contributed by atoms with van der Waals surface area (Å²) in [6.07, 6.45) is 9.82. The third-order valence-electron chi connectivity index (χ3n) is 8.36. The Hall–Kier alpha value is -4.93. The van der Waals surface area contributed by atoms with E-state index in [2.05, 4.69) is 31.8 Å². The number of nitrogens with zero attached hydrogens (tertiary/aromatic N) is 7. The maximum absolute atomic E-state index is 15.4. The molecule has 4 aromatic heterocycles. The van der Waals surface area contributed by atoms with E-state index in [0.29, 0.717) is 33.9 Å². The van der Waals surface area contributed by atoms with Crippen molar-refractivity contribution in [2.24, 2.45) is 7.05 Å². The first-order valence-corrected chi connectivity index (χ1v) is 14.0. The number of amides is 1. The number of fused-ring (bicyclic) bond motifs is 4. The van der Waals surface area contributed by atoms with E-state index in [9.17, 15) is 4.79 Å². The minimum absolute atomic E-state index is 0.00647. The molecule has 1 N–H and O–H groups in total. The van der Waals surface area contributed by atoms with Gasteiger partial charge in [-0.25, -0.2) is 29.3 Å². The van der Waals surface area contributed by atoms with Gasteiger partial charge in [-0.15, -0.1) is 0 Å². The van der Waals surface area contributed by atoms with Crippen molar-refractivity contribution < 1.29 is 13.9 Å². The van der Waals surface area contributed by atoms with Crippen molar-refractivity contribution in [3.05, 3.63) is 78.9 Å². The predicted octanol–water partition coefficient (Wildman–Crippen LogP) is 5.71. The van der Waals surface area contributed by atoms with Crippen molar-refractivity contribution in [3.63, 3.8) is 0 Å². The van der Waals surface area contributed by atoms with Crippen LogP contribution < -0.4 is 10.1 Å². The van der Waals surface area contributed by atoms with Crippen LogP contribution in [0.4, 0.5) is 15.9 Å². The van der Waals surface area contributed by atoms with Gasteiger partial charge < -0.3 is 19.5 Å². The molecule has 1 unspecified atom stereocenters. The molecule has 2 fully saturated rings. The highest BCUT2D eigenvalue weighted by molar-refractivity contribution is 5.88. The van der Waals surface area contributed by atoms with Crippen LogP contribution in [0.3, 0.4) is 0 Å². The predicted molar refractivity (Wildman–Crippen MR) is 156 cm³/mol. The van der Waals surface area contributed by atoms with Gasteiger partial charge in [-0.3, -0.25) is 4.79 Å². The molecule has 1 amide bonds. The van der Waals surface area contributed by atoms with Crippen LogP contribution >= 0.6 is 0 Å². The lowest BCUT2D eigenvalue weighted by molar-refractivity contribution is -0.130. The highest BCUT2D eigenvalue weighted by atomic mass is 19.1. The van der Waals surface area contributed by atoms with Crippen molar-refractivity contribution in [1.82, 2.24) is 34.4 Å². The molecule has 0 saturated carbocycles. The van der Waals surface area contributed by atoms with Crippen LogP contribution in [0.1, 0.15) is 42.9 Å². The number of piperidine rings is 1. The summed E-state index contributed by atoms with van der Waals surface area (Å²) in [5.41, 5.74) is 4.56. The standard InChI is InChI=1S/C31H29FN8O2/c1-4-28(41)40-19-5-6-20(40)11-18(10-19)23-7-8-24-29(37-23)30(35-15-34-24)38-25-9-17(2)27(13-22(25)32)42-21-12-26-31(33-14-21)39(3)16-36-26/h4,7-9,12-16,18-20H,1,5-6,10-11H2,2-3H3,(H,34,35,38)/t18?,19-,20+. The summed E-state index contributed by atoms with van der Waals surface area (Å²) < 4.78 is 23.2. The molecular weight excluding hydrogens is 535 g/mol. The number of imidazole rings is 1. The summed E-state index contributed by atoms with van der Waals surface area (Å²) in [5, 5.41) is 3.13. The third kappa shape index (κ3) is 4.50. The van der Waals surface area contributed by atoms with E-state index in [-0.39, 0.29) is 29.6 Å². The van der Waals surface area contributed by atoms with E-state index < -0.39 is 5.82 Å². The molecule has 2 aliphatic heterocycles. The number of rotatable bonds is 6. The van der Waals surface area contributed by atoms with Gasteiger partial charge in [0.25, 0.3) is 0 Å². The van der Waals surface area contributed by atoms with Crippen LogP contribution in [-0.4, -0.2) is 52.4 Å². The zero-order valence-corrected chi connectivity index (χ0v) is 23.3. The number of hydrogen-bond donors (Lipinski definition) is 1. The first-order valence-electron chi connectivity index (χ1n) is 14.0. The normalized spacial score (nSPS) is 19.8. The van der Waals surface area contributed by atoms with Crippen LogP contribution in [0.2, 0.25) is 0 Å². The van der Waals surface area contributed by atoms with Gasteiger partial charge in [0.1, 0.15) is 34.7 Å². The van der Waals surface area contributed by atoms with Gasteiger partial charge in [-0.2, -0.15) is 0 Å². The van der Waals surface area contributed by atoms with Crippen LogP contribution in [0.25, 0.3) is 22.2 Å². The summed E-state index contributed by atoms with van der Waals surface area (Å²) in [7, 11) is 1.87. The van der Waals surface area contributed by atoms with Gasteiger partial charge in [0.15, 0.2) is 11.5 Å². The number of pyridine rings is 2. The zero-order chi connectivity index (χ0) is 29.0. The molecule has 2 saturated heterocycles. The number of hydrogen-bond acceptors (Lipinski definition) is 8. The Bertz CT molecular complexity index is 1860. The van der Waals surface area contributed by atoms with Gasteiger partial charge in [-0.1, -0.05) is 6.58 Å². The van der Waals surface area contributed by atoms with Crippen LogP contribution in [0, 0.1) is 12.7 Å². The Kier molecular flexibility index (Phi) is 6.29. The summed E-state index contributed by atoms with van der Waals surface area (Å²) >= 11 is 0. The Labute approximate surface area is 241 Å². The number of carbonyl (C=O) groups excluding carboxylic acids is 1. The Balaban J connectivity index is 1.14. The van der Waals surface area contributed by atoms with Gasteiger partial charge >= 0.3 is 0 Å². The lowest BCUT2D eigenvalue weighted by atomic mass is 9.87. The van der Waals surface area contributed by atoms with Crippen molar-refractivity contribution in [2.75, 3.05) is 5.32 Å². The fourth-order valence-corrected chi connectivity index (χ4v) is 6.33. The molecule has 7 rings (SSSR count). The van der Waals surface area contributed by atoms with E-state index in [1.807, 2.05) is 35.6 Å². The van der Waals surface area contributed by atoms with Crippen LogP contribution in [0.15, 0.2) is 61.8 Å². The average molecular weight is 565 g/mol. The second kappa shape index (κ2) is 10.2. The number of aryl methyl sites for hydroxylation is 2. The molecule has 2 bridgehead atoms. The number of ether oxygens (including phenoxy) is 1. The summed E-state index contributed by atoms with van der Waals surface area (Å²) in [6, 6.07) is 9.12. The molecule has 6 heterocycles. The summed E-state index contributed by atoms with van der Waals surface area (Å²) in [4.78, 5) is 36.8. The number of carbonyl (C=O) groups is 1. The zero-order valence-electron chi connectivity index (χ0n) is 23.3. The Morgan fingerprint density at radius 1 is 1.10 bits per heavy atom. The topological polar surface area (TPSA) is 111 Å². The van der Waals surface area contributed by atoms with Crippen LogP contribution in [0.5, 0.6) is 11.5 Å². The molecule has 11 heteroatoms. The maximum Gasteiger partial charge on any atom is 0.246 e. The third-order valence-corrected chi connectivity index (χ3v) is 8.36. The monoisotopic (exact) mass is 564 g/mol. The minimum Gasteiger partial charge on any atom is -0.455 e. The Morgan fingerprint density at radius 3 is 2.69 bits per heavy atom. The fourth-order valence-electron chi connectivity index (χ4n) is 6.33. The average Bonchev–Trinajstić information content (AvgIpc) is 3.49. The van der Waals surface area contributed by atoms with Crippen LogP contribution in [-0.2, 0) is 11.8 Å². The number of benzene rings is 1. The smallest absolute Gasteiger partial charge is 0.246 e. The van der Waals surface area contributed by atoms with Crippen molar-refractivity contribution >= 4 is 39.6 Å². The molecule has 0 radical (unpaired) electrons. The van der Waals surface area contributed by atoms with E-state index in [0.717, 1.165) is 42.6 Å². The van der Waals surface area contributed by atoms with Gasteiger partial charge in [0.2, 0.25) is 5.91 Å². The van der Waals surface area contributed by atoms with E-state index in [1.165, 1.54) is 18.5 Å².